The zero-order valence-corrected chi connectivity index (χ0v) is 29.6. The Morgan fingerprint density at radius 2 is 1.47 bits per heavy atom. The molecular weight excluding hydrogens is 682 g/mol. The highest BCUT2D eigenvalue weighted by atomic mass is 19.4. The fourth-order valence-electron chi connectivity index (χ4n) is 9.30. The molecule has 2 aliphatic heterocycles. The van der Waals surface area contributed by atoms with Gasteiger partial charge >= 0.3 is 6.18 Å². The van der Waals surface area contributed by atoms with E-state index in [1.807, 2.05) is 36.4 Å². The van der Waals surface area contributed by atoms with Crippen molar-refractivity contribution in [2.24, 2.45) is 0 Å². The molecule has 0 bridgehead atoms. The highest BCUT2D eigenvalue weighted by molar-refractivity contribution is 6.10. The van der Waals surface area contributed by atoms with Crippen LogP contribution >= 0.6 is 0 Å². The minimum absolute atomic E-state index is 0.363. The minimum Gasteiger partial charge on any atom is -0.497 e. The summed E-state index contributed by atoms with van der Waals surface area (Å²) in [7, 11) is 3.26. The van der Waals surface area contributed by atoms with Gasteiger partial charge in [0.25, 0.3) is 0 Å². The third kappa shape index (κ3) is 5.22. The van der Waals surface area contributed by atoms with Crippen LogP contribution in [0.5, 0.6) is 17.2 Å². The van der Waals surface area contributed by atoms with Crippen molar-refractivity contribution in [1.82, 2.24) is 0 Å². The number of benzene rings is 5. The van der Waals surface area contributed by atoms with Gasteiger partial charge in [-0.25, -0.2) is 4.39 Å². The summed E-state index contributed by atoms with van der Waals surface area (Å²) >= 11 is 0. The SMILES string of the molecule is COc1ccc(C2(c3ccc(F)cc3)C=Cc3c4c(c5cc(N6CCOCC6)c(OC)cc5c3O2)-c2ccc(C(F)(F)F)cc2C42CCCCC2)cc1. The number of morpholine rings is 1. The van der Waals surface area contributed by atoms with Gasteiger partial charge in [0.15, 0.2) is 5.60 Å². The van der Waals surface area contributed by atoms with Gasteiger partial charge in [0, 0.05) is 40.6 Å². The van der Waals surface area contributed by atoms with Gasteiger partial charge in [-0.3, -0.25) is 0 Å². The molecule has 1 spiro atoms. The lowest BCUT2D eigenvalue weighted by atomic mass is 9.66. The summed E-state index contributed by atoms with van der Waals surface area (Å²) < 4.78 is 82.3. The van der Waals surface area contributed by atoms with E-state index in [1.165, 1.54) is 24.3 Å². The third-order valence-corrected chi connectivity index (χ3v) is 11.8. The van der Waals surface area contributed by atoms with Crippen molar-refractivity contribution >= 4 is 22.5 Å². The first-order valence-corrected chi connectivity index (χ1v) is 18.2. The van der Waals surface area contributed by atoms with Crippen LogP contribution in [0, 0.1) is 5.82 Å². The Morgan fingerprint density at radius 3 is 2.13 bits per heavy atom. The zero-order chi connectivity index (χ0) is 36.5. The fourth-order valence-corrected chi connectivity index (χ4v) is 9.30. The molecular formula is C44H39F4NO4. The van der Waals surface area contributed by atoms with Crippen molar-refractivity contribution in [3.8, 4) is 28.4 Å². The first-order valence-electron chi connectivity index (χ1n) is 18.2. The second-order valence-corrected chi connectivity index (χ2v) is 14.5. The van der Waals surface area contributed by atoms with Crippen LogP contribution in [0.4, 0.5) is 23.2 Å². The van der Waals surface area contributed by atoms with E-state index in [9.17, 15) is 17.6 Å². The normalized spacial score (nSPS) is 20.2. The number of alkyl halides is 3. The van der Waals surface area contributed by atoms with E-state index in [2.05, 4.69) is 17.0 Å². The Morgan fingerprint density at radius 1 is 0.774 bits per heavy atom. The molecule has 5 aromatic rings. The van der Waals surface area contributed by atoms with Gasteiger partial charge in [-0.15, -0.1) is 0 Å². The Bertz CT molecular complexity index is 2250. The fraction of sp³-hybridized carbons (Fsp3) is 0.318. The molecule has 0 aromatic heterocycles. The van der Waals surface area contributed by atoms with Gasteiger partial charge in [0.1, 0.15) is 23.1 Å². The lowest BCUT2D eigenvalue weighted by Crippen LogP contribution is -2.36. The molecule has 1 saturated heterocycles. The second-order valence-electron chi connectivity index (χ2n) is 14.5. The van der Waals surface area contributed by atoms with Crippen LogP contribution in [-0.4, -0.2) is 40.5 Å². The predicted octanol–water partition coefficient (Wildman–Crippen LogP) is 10.4. The van der Waals surface area contributed by atoms with E-state index in [0.717, 1.165) is 87.5 Å². The van der Waals surface area contributed by atoms with Crippen molar-refractivity contribution in [3.63, 3.8) is 0 Å². The largest absolute Gasteiger partial charge is 0.497 e. The van der Waals surface area contributed by atoms with Gasteiger partial charge in [-0.05, 0) is 95.1 Å². The second kappa shape index (κ2) is 12.5. The first kappa shape index (κ1) is 33.8. The van der Waals surface area contributed by atoms with Crippen molar-refractivity contribution in [3.05, 3.63) is 124 Å². The number of hydrogen-bond acceptors (Lipinski definition) is 5. The van der Waals surface area contributed by atoms with Crippen molar-refractivity contribution in [2.75, 3.05) is 45.4 Å². The quantitative estimate of drug-likeness (QED) is 0.169. The summed E-state index contributed by atoms with van der Waals surface area (Å²) in [5, 5.41) is 1.68. The Kier molecular flexibility index (Phi) is 8.00. The van der Waals surface area contributed by atoms with Gasteiger partial charge < -0.3 is 23.8 Å². The van der Waals surface area contributed by atoms with Crippen LogP contribution in [-0.2, 0) is 21.9 Å². The molecule has 2 heterocycles. The van der Waals surface area contributed by atoms with Crippen LogP contribution < -0.4 is 19.1 Å². The third-order valence-electron chi connectivity index (χ3n) is 11.8. The molecule has 9 heteroatoms. The molecule has 2 aliphatic carbocycles. The standard InChI is InChI=1S/C44H39F4NO4/c1-50-31-13-8-28(9-14-31)43(27-6-11-30(45)12-7-27)19-16-33-40-39(32-15-10-29(44(46,47)48)24-36(32)42(40)17-4-3-5-18-42)34-25-37(49-20-22-52-23-21-49)38(51-2)26-35(34)41(33)53-43/h6-16,19,24-26H,3-5,17-18,20-23H2,1-2H3. The summed E-state index contributed by atoms with van der Waals surface area (Å²) in [6.07, 6.45) is 3.91. The number of methoxy groups -OCH3 is 2. The van der Waals surface area contributed by atoms with E-state index >= 15 is 0 Å². The highest BCUT2D eigenvalue weighted by Crippen LogP contribution is 2.63. The topological polar surface area (TPSA) is 40.2 Å². The van der Waals surface area contributed by atoms with Crippen LogP contribution in [0.2, 0.25) is 0 Å². The molecule has 272 valence electrons. The minimum atomic E-state index is -4.48. The van der Waals surface area contributed by atoms with Crippen LogP contribution in [0.3, 0.4) is 0 Å². The molecule has 5 aromatic carbocycles. The van der Waals surface area contributed by atoms with Crippen LogP contribution in [0.25, 0.3) is 28.0 Å². The molecule has 2 fully saturated rings. The predicted molar refractivity (Wildman–Crippen MR) is 198 cm³/mol. The lowest BCUT2D eigenvalue weighted by Gasteiger charge is -2.41. The maximum Gasteiger partial charge on any atom is 0.416 e. The highest BCUT2D eigenvalue weighted by Gasteiger charge is 2.50. The monoisotopic (exact) mass is 721 g/mol. The molecule has 0 radical (unpaired) electrons. The molecule has 53 heavy (non-hydrogen) atoms. The number of nitrogens with zero attached hydrogens (tertiary/aromatic N) is 1. The summed E-state index contributed by atoms with van der Waals surface area (Å²) in [6, 6.07) is 22.4. The molecule has 5 nitrogen and oxygen atoms in total. The summed E-state index contributed by atoms with van der Waals surface area (Å²) in [4.78, 5) is 2.24. The van der Waals surface area contributed by atoms with Gasteiger partial charge in [0.2, 0.25) is 0 Å². The molecule has 4 aliphatic rings. The lowest BCUT2D eigenvalue weighted by molar-refractivity contribution is -0.137. The maximum atomic E-state index is 14.4. The average Bonchev–Trinajstić information content (AvgIpc) is 3.46. The zero-order valence-electron chi connectivity index (χ0n) is 29.6. The summed E-state index contributed by atoms with van der Waals surface area (Å²) in [5.41, 5.74) is 4.39. The summed E-state index contributed by atoms with van der Waals surface area (Å²) in [6.45, 7) is 2.50. The number of fused-ring (bicyclic) bond motifs is 10. The molecule has 9 rings (SSSR count). The molecule has 1 unspecified atom stereocenters. The van der Waals surface area contributed by atoms with Crippen LogP contribution in [0.15, 0.2) is 84.9 Å². The van der Waals surface area contributed by atoms with Crippen LogP contribution in [0.1, 0.15) is 65.5 Å². The number of rotatable bonds is 5. The van der Waals surface area contributed by atoms with E-state index in [4.69, 9.17) is 18.9 Å². The maximum absolute atomic E-state index is 14.4. The Hall–Kier alpha value is -5.02. The van der Waals surface area contributed by atoms with E-state index in [1.54, 1.807) is 32.4 Å². The van der Waals surface area contributed by atoms with Crippen molar-refractivity contribution in [1.29, 1.82) is 0 Å². The molecule has 1 atom stereocenters. The number of hydrogen-bond donors (Lipinski definition) is 0. The van der Waals surface area contributed by atoms with Crippen molar-refractivity contribution in [2.45, 2.75) is 49.3 Å². The van der Waals surface area contributed by atoms with E-state index in [-0.39, 0.29) is 5.82 Å². The van der Waals surface area contributed by atoms with Gasteiger partial charge in [-0.1, -0.05) is 55.7 Å². The Balaban J connectivity index is 1.38. The number of halogens is 4. The molecule has 1 saturated carbocycles. The van der Waals surface area contributed by atoms with Gasteiger partial charge in [-0.2, -0.15) is 13.2 Å². The first-order chi connectivity index (χ1) is 25.7. The van der Waals surface area contributed by atoms with E-state index < -0.39 is 22.8 Å². The summed E-state index contributed by atoms with van der Waals surface area (Å²) in [5.74, 6) is 1.59. The molecule has 0 N–H and O–H groups in total. The average molecular weight is 722 g/mol. The Labute approximate surface area is 305 Å². The number of anilines is 1. The van der Waals surface area contributed by atoms with Gasteiger partial charge in [0.05, 0.1) is 38.7 Å². The smallest absolute Gasteiger partial charge is 0.416 e. The van der Waals surface area contributed by atoms with Crippen molar-refractivity contribution < 1.29 is 36.5 Å². The van der Waals surface area contributed by atoms with E-state index in [0.29, 0.717) is 43.6 Å². The molecule has 0 amide bonds. The number of ether oxygens (including phenoxy) is 4.